The van der Waals surface area contributed by atoms with Gasteiger partial charge in [-0.15, -0.1) is 0 Å². The van der Waals surface area contributed by atoms with E-state index in [2.05, 4.69) is 15.7 Å². The number of nitrogens with zero attached hydrogens (tertiary/aromatic N) is 2. The van der Waals surface area contributed by atoms with Gasteiger partial charge in [-0.2, -0.15) is 5.10 Å². The van der Waals surface area contributed by atoms with E-state index in [-0.39, 0.29) is 18.7 Å². The van der Waals surface area contributed by atoms with Gasteiger partial charge in [-0.1, -0.05) is 60.7 Å². The second-order valence-electron chi connectivity index (χ2n) is 8.92. The Hall–Kier alpha value is -4.96. The van der Waals surface area contributed by atoms with Gasteiger partial charge >= 0.3 is 6.09 Å². The number of nitrogens with one attached hydrogen (secondary N) is 2. The summed E-state index contributed by atoms with van der Waals surface area (Å²) in [6.07, 6.45) is -1.94. The predicted octanol–water partition coefficient (Wildman–Crippen LogP) is 2.66. The van der Waals surface area contributed by atoms with Crippen molar-refractivity contribution in [3.8, 4) is 11.4 Å². The molecular formula is C29H29N5O5. The van der Waals surface area contributed by atoms with Crippen molar-refractivity contribution < 1.29 is 24.2 Å². The van der Waals surface area contributed by atoms with Gasteiger partial charge in [0.15, 0.2) is 6.10 Å². The Labute approximate surface area is 225 Å². The van der Waals surface area contributed by atoms with Gasteiger partial charge in [0, 0.05) is 6.54 Å². The van der Waals surface area contributed by atoms with Gasteiger partial charge < -0.3 is 26.2 Å². The number of primary amides is 1. The van der Waals surface area contributed by atoms with E-state index in [1.807, 2.05) is 36.4 Å². The van der Waals surface area contributed by atoms with Crippen LogP contribution in [-0.4, -0.2) is 44.9 Å². The number of benzene rings is 3. The van der Waals surface area contributed by atoms with Crippen LogP contribution in [-0.2, 0) is 17.8 Å². The van der Waals surface area contributed by atoms with Crippen LogP contribution in [0.4, 0.5) is 4.79 Å². The molecule has 4 rings (SSSR count). The second-order valence-corrected chi connectivity index (χ2v) is 8.92. The number of aryl methyl sites for hydroxylation is 1. The number of nitrogens with two attached hydrogens (primary N) is 1. The molecule has 0 saturated carbocycles. The van der Waals surface area contributed by atoms with Gasteiger partial charge in [-0.05, 0) is 54.8 Å². The van der Waals surface area contributed by atoms with Crippen LogP contribution in [0.3, 0.4) is 0 Å². The summed E-state index contributed by atoms with van der Waals surface area (Å²) in [7, 11) is 0. The number of ether oxygens (including phenoxy) is 1. The normalized spacial score (nSPS) is 12.3. The van der Waals surface area contributed by atoms with Crippen molar-refractivity contribution in [2.24, 2.45) is 5.73 Å². The van der Waals surface area contributed by atoms with Crippen molar-refractivity contribution in [3.63, 3.8) is 0 Å². The highest BCUT2D eigenvalue weighted by molar-refractivity contribution is 5.94. The van der Waals surface area contributed by atoms with Gasteiger partial charge in [0.05, 0.1) is 17.4 Å². The third-order valence-electron chi connectivity index (χ3n) is 5.92. The smallest absolute Gasteiger partial charge is 0.410 e. The lowest BCUT2D eigenvalue weighted by Gasteiger charge is -2.22. The average Bonchev–Trinajstić information content (AvgIpc) is 3.34. The molecule has 10 heteroatoms. The van der Waals surface area contributed by atoms with Crippen molar-refractivity contribution in [2.45, 2.75) is 32.0 Å². The number of hydrogen-bond acceptors (Lipinski definition) is 6. The predicted molar refractivity (Wildman–Crippen MR) is 144 cm³/mol. The Morgan fingerprint density at radius 2 is 1.59 bits per heavy atom. The monoisotopic (exact) mass is 527 g/mol. The molecule has 0 spiro atoms. The maximum absolute atomic E-state index is 13.3. The number of carbonyl (C=O) groups excluding carboxylic acids is 3. The van der Waals surface area contributed by atoms with Crippen LogP contribution in [0.25, 0.3) is 5.69 Å². The minimum absolute atomic E-state index is 0.207. The quantitative estimate of drug-likeness (QED) is 0.249. The Morgan fingerprint density at radius 3 is 2.23 bits per heavy atom. The third kappa shape index (κ3) is 7.30. The summed E-state index contributed by atoms with van der Waals surface area (Å²) in [4.78, 5) is 37.1. The highest BCUT2D eigenvalue weighted by Gasteiger charge is 2.28. The molecule has 0 fully saturated rings. The van der Waals surface area contributed by atoms with Gasteiger partial charge in [0.25, 0.3) is 5.91 Å². The van der Waals surface area contributed by atoms with E-state index in [4.69, 9.17) is 10.5 Å². The molecule has 0 aliphatic heterocycles. The average molecular weight is 528 g/mol. The molecule has 0 aliphatic rings. The maximum atomic E-state index is 13.3. The van der Waals surface area contributed by atoms with Crippen molar-refractivity contribution in [3.05, 3.63) is 114 Å². The zero-order valence-electron chi connectivity index (χ0n) is 21.3. The molecule has 3 amide bonds. The van der Waals surface area contributed by atoms with E-state index in [1.54, 1.807) is 61.5 Å². The summed E-state index contributed by atoms with van der Waals surface area (Å²) >= 11 is 0. The Balaban J connectivity index is 1.45. The third-order valence-corrected chi connectivity index (χ3v) is 5.92. The van der Waals surface area contributed by atoms with Crippen LogP contribution in [0.5, 0.6) is 5.75 Å². The first-order valence-corrected chi connectivity index (χ1v) is 12.3. The lowest BCUT2D eigenvalue weighted by molar-refractivity contribution is -0.127. The highest BCUT2D eigenvalue weighted by Crippen LogP contribution is 2.16. The topological polar surface area (TPSA) is 149 Å². The van der Waals surface area contributed by atoms with Crippen LogP contribution in [0.1, 0.15) is 27.3 Å². The molecule has 200 valence electrons. The first-order valence-electron chi connectivity index (χ1n) is 12.3. The number of aliphatic hydroxyl groups is 1. The van der Waals surface area contributed by atoms with Crippen LogP contribution in [0, 0.1) is 6.92 Å². The maximum Gasteiger partial charge on any atom is 0.412 e. The lowest BCUT2D eigenvalue weighted by atomic mass is 10.0. The zero-order valence-corrected chi connectivity index (χ0v) is 21.3. The molecule has 0 aliphatic carbocycles. The van der Waals surface area contributed by atoms with Crippen molar-refractivity contribution in [2.75, 3.05) is 0 Å². The fourth-order valence-corrected chi connectivity index (χ4v) is 3.97. The first kappa shape index (κ1) is 27.1. The van der Waals surface area contributed by atoms with Crippen LogP contribution < -0.4 is 21.1 Å². The molecule has 4 aromatic rings. The number of amides is 3. The van der Waals surface area contributed by atoms with Crippen molar-refractivity contribution in [1.29, 1.82) is 0 Å². The second kappa shape index (κ2) is 12.5. The number of hydrogen-bond donors (Lipinski definition) is 4. The molecule has 0 saturated heterocycles. The summed E-state index contributed by atoms with van der Waals surface area (Å²) in [5.41, 5.74) is 8.40. The molecule has 39 heavy (non-hydrogen) atoms. The summed E-state index contributed by atoms with van der Waals surface area (Å²) in [6, 6.07) is 25.7. The summed E-state index contributed by atoms with van der Waals surface area (Å²) in [5.74, 6) is -1.01. The molecule has 0 radical (unpaired) electrons. The van der Waals surface area contributed by atoms with Gasteiger partial charge in [0.2, 0.25) is 5.91 Å². The number of aliphatic hydroxyl groups excluding tert-OH is 1. The van der Waals surface area contributed by atoms with E-state index in [1.165, 1.54) is 4.68 Å². The van der Waals surface area contributed by atoms with E-state index < -0.39 is 30.1 Å². The van der Waals surface area contributed by atoms with Gasteiger partial charge in [-0.25, -0.2) is 9.48 Å². The molecule has 10 nitrogen and oxygen atoms in total. The highest BCUT2D eigenvalue weighted by atomic mass is 16.6. The Bertz CT molecular complexity index is 1420. The molecule has 0 bridgehead atoms. The molecular weight excluding hydrogens is 498 g/mol. The summed E-state index contributed by atoms with van der Waals surface area (Å²) in [6.45, 7) is 1.99. The SMILES string of the molecule is Cc1cc(C(=O)N[C@@H](Cc2ccccc2)C(O)C(N)=O)n(-c2ccc(CNC(=O)Oc3ccccc3)cc2)n1. The Morgan fingerprint density at radius 1 is 0.949 bits per heavy atom. The number of aromatic nitrogens is 2. The standard InChI is InChI=1S/C29H29N5O5/c1-19-16-25(28(37)32-24(26(35)27(30)36)17-20-8-4-2-5-9-20)34(33-19)22-14-12-21(13-15-22)18-31-29(38)39-23-10-6-3-7-11-23/h2-16,24,26,35H,17-18H2,1H3,(H2,30,36)(H,31,38)(H,32,37)/t24-,26?/m0/s1. The van der Waals surface area contributed by atoms with Gasteiger partial charge in [0.1, 0.15) is 11.4 Å². The largest absolute Gasteiger partial charge is 0.412 e. The molecule has 5 N–H and O–H groups in total. The molecule has 1 unspecified atom stereocenters. The lowest BCUT2D eigenvalue weighted by Crippen LogP contribution is -2.50. The fraction of sp³-hybridized carbons (Fsp3) is 0.172. The van der Waals surface area contributed by atoms with Crippen molar-refractivity contribution in [1.82, 2.24) is 20.4 Å². The zero-order chi connectivity index (χ0) is 27.8. The van der Waals surface area contributed by atoms with E-state index >= 15 is 0 Å². The van der Waals surface area contributed by atoms with Crippen LogP contribution >= 0.6 is 0 Å². The van der Waals surface area contributed by atoms with E-state index in [0.717, 1.165) is 11.1 Å². The minimum atomic E-state index is -1.58. The van der Waals surface area contributed by atoms with Crippen molar-refractivity contribution >= 4 is 17.9 Å². The Kier molecular flexibility index (Phi) is 8.70. The van der Waals surface area contributed by atoms with Gasteiger partial charge in [-0.3, -0.25) is 9.59 Å². The number of rotatable bonds is 10. The first-order chi connectivity index (χ1) is 18.8. The van der Waals surface area contributed by atoms with E-state index in [9.17, 15) is 19.5 Å². The van der Waals surface area contributed by atoms with Crippen LogP contribution in [0.2, 0.25) is 0 Å². The minimum Gasteiger partial charge on any atom is -0.410 e. The molecule has 1 heterocycles. The summed E-state index contributed by atoms with van der Waals surface area (Å²) < 4.78 is 6.69. The number of carbonyl (C=O) groups is 3. The fourth-order valence-electron chi connectivity index (χ4n) is 3.97. The molecule has 3 aromatic carbocycles. The van der Waals surface area contributed by atoms with Crippen LogP contribution in [0.15, 0.2) is 91.0 Å². The summed E-state index contributed by atoms with van der Waals surface area (Å²) in [5, 5.41) is 20.3. The molecule has 1 aromatic heterocycles. The number of para-hydroxylation sites is 1. The molecule has 2 atom stereocenters. The van der Waals surface area contributed by atoms with E-state index in [0.29, 0.717) is 17.1 Å².